The van der Waals surface area contributed by atoms with Gasteiger partial charge in [-0.3, -0.25) is 10.1 Å². The quantitative estimate of drug-likeness (QED) is 0.575. The molecule has 0 amide bonds. The molecule has 1 aromatic carbocycles. The molecule has 2 heterocycles. The number of hydrogen-bond acceptors (Lipinski definition) is 8. The van der Waals surface area contributed by atoms with Crippen LogP contribution < -0.4 is 4.90 Å². The molecule has 1 aliphatic rings. The van der Waals surface area contributed by atoms with Gasteiger partial charge in [-0.05, 0) is 38.0 Å². The van der Waals surface area contributed by atoms with Crippen LogP contribution in [0.5, 0.6) is 0 Å². The van der Waals surface area contributed by atoms with Crippen LogP contribution in [0.25, 0.3) is 0 Å². The molecule has 2 aromatic rings. The van der Waals surface area contributed by atoms with Crippen LogP contribution in [0, 0.1) is 28.4 Å². The van der Waals surface area contributed by atoms with Crippen molar-refractivity contribution in [2.75, 3.05) is 18.0 Å². The summed E-state index contributed by atoms with van der Waals surface area (Å²) in [5.74, 6) is 0.428. The number of anilines is 1. The number of benzene rings is 1. The predicted octanol–water partition coefficient (Wildman–Crippen LogP) is 2.01. The van der Waals surface area contributed by atoms with Gasteiger partial charge in [0.2, 0.25) is 5.95 Å². The van der Waals surface area contributed by atoms with Crippen molar-refractivity contribution in [1.29, 1.82) is 5.26 Å². The molecule has 10 heteroatoms. The highest BCUT2D eigenvalue weighted by atomic mass is 32.2. The number of aryl methyl sites for hydroxylation is 1. The average Bonchev–Trinajstić information content (AvgIpc) is 2.67. The van der Waals surface area contributed by atoms with Crippen molar-refractivity contribution >= 4 is 21.5 Å². The molecule has 1 fully saturated rings. The summed E-state index contributed by atoms with van der Waals surface area (Å²) in [6.45, 7) is 2.67. The van der Waals surface area contributed by atoms with Crippen molar-refractivity contribution in [3.63, 3.8) is 0 Å². The van der Waals surface area contributed by atoms with E-state index in [1.165, 1.54) is 24.3 Å². The molecule has 1 aromatic heterocycles. The Morgan fingerprint density at radius 1 is 1.22 bits per heavy atom. The van der Waals surface area contributed by atoms with E-state index in [0.29, 0.717) is 37.6 Å². The van der Waals surface area contributed by atoms with Gasteiger partial charge >= 0.3 is 0 Å². The number of nitro benzene ring substituents is 1. The maximum Gasteiger partial charge on any atom is 0.269 e. The number of non-ortho nitro benzene ring substituents is 1. The summed E-state index contributed by atoms with van der Waals surface area (Å²) in [5, 5.41) is 19.2. The molecule has 140 valence electrons. The Bertz CT molecular complexity index is 1010. The van der Waals surface area contributed by atoms with E-state index < -0.39 is 20.0 Å². The molecular weight excluding hydrogens is 370 g/mol. The predicted molar refractivity (Wildman–Crippen MR) is 97.0 cm³/mol. The Morgan fingerprint density at radius 2 is 1.85 bits per heavy atom. The number of nitriles is 1. The number of nitro groups is 1. The SMILES string of the molecule is Cc1cc(C#N)nc(N2CCC(S(=O)(=O)c3ccc([N+](=O)[O-])cc3)CC2)n1. The summed E-state index contributed by atoms with van der Waals surface area (Å²) >= 11 is 0. The Hall–Kier alpha value is -3.06. The van der Waals surface area contributed by atoms with E-state index in [1.807, 2.05) is 11.0 Å². The van der Waals surface area contributed by atoms with Gasteiger partial charge in [-0.15, -0.1) is 0 Å². The van der Waals surface area contributed by atoms with Crippen LogP contribution in [0.1, 0.15) is 24.2 Å². The zero-order valence-electron chi connectivity index (χ0n) is 14.6. The molecular formula is C17H17N5O4S. The summed E-state index contributed by atoms with van der Waals surface area (Å²) in [4.78, 5) is 20.6. The lowest BCUT2D eigenvalue weighted by atomic mass is 10.1. The van der Waals surface area contributed by atoms with Gasteiger partial charge in [0.05, 0.1) is 15.1 Å². The maximum atomic E-state index is 12.8. The van der Waals surface area contributed by atoms with Crippen LogP contribution >= 0.6 is 0 Å². The second-order valence-electron chi connectivity index (χ2n) is 6.29. The maximum absolute atomic E-state index is 12.8. The minimum absolute atomic E-state index is 0.0881. The molecule has 1 saturated heterocycles. The van der Waals surface area contributed by atoms with E-state index in [1.54, 1.807) is 13.0 Å². The summed E-state index contributed by atoms with van der Waals surface area (Å²) in [6.07, 6.45) is 0.775. The lowest BCUT2D eigenvalue weighted by Crippen LogP contribution is -2.40. The third kappa shape index (κ3) is 3.88. The van der Waals surface area contributed by atoms with Crippen molar-refractivity contribution in [2.24, 2.45) is 0 Å². The Kier molecular flexibility index (Phi) is 5.05. The molecule has 0 saturated carbocycles. The standard InChI is InChI=1S/C17H17N5O4S/c1-12-10-13(11-18)20-17(19-12)21-8-6-16(7-9-21)27(25,26)15-4-2-14(3-5-15)22(23)24/h2-5,10,16H,6-9H2,1H3. The zero-order valence-corrected chi connectivity index (χ0v) is 15.4. The van der Waals surface area contributed by atoms with Crippen molar-refractivity contribution in [3.8, 4) is 6.07 Å². The Balaban J connectivity index is 1.74. The number of hydrogen-bond donors (Lipinski definition) is 0. The fraction of sp³-hybridized carbons (Fsp3) is 0.353. The summed E-state index contributed by atoms with van der Waals surface area (Å²) in [6, 6.07) is 8.55. The smallest absolute Gasteiger partial charge is 0.269 e. The van der Waals surface area contributed by atoms with Crippen LogP contribution in [-0.4, -0.2) is 41.6 Å². The first-order valence-corrected chi connectivity index (χ1v) is 9.85. The summed E-state index contributed by atoms with van der Waals surface area (Å²) < 4.78 is 25.6. The van der Waals surface area contributed by atoms with Crippen LogP contribution in [0.2, 0.25) is 0 Å². The van der Waals surface area contributed by atoms with Crippen molar-refractivity contribution in [2.45, 2.75) is 29.9 Å². The number of nitrogens with zero attached hydrogens (tertiary/aromatic N) is 5. The molecule has 3 rings (SSSR count). The van der Waals surface area contributed by atoms with Crippen molar-refractivity contribution in [3.05, 3.63) is 51.8 Å². The number of rotatable bonds is 4. The van der Waals surface area contributed by atoms with Gasteiger partial charge in [-0.1, -0.05) is 0 Å². The molecule has 0 radical (unpaired) electrons. The third-order valence-electron chi connectivity index (χ3n) is 4.50. The minimum Gasteiger partial charge on any atom is -0.341 e. The lowest BCUT2D eigenvalue weighted by molar-refractivity contribution is -0.384. The average molecular weight is 387 g/mol. The van der Waals surface area contributed by atoms with Gasteiger partial charge in [0.15, 0.2) is 9.84 Å². The van der Waals surface area contributed by atoms with Crippen molar-refractivity contribution < 1.29 is 13.3 Å². The van der Waals surface area contributed by atoms with Crippen LogP contribution in [-0.2, 0) is 9.84 Å². The number of sulfone groups is 1. The minimum atomic E-state index is -3.57. The van der Waals surface area contributed by atoms with E-state index in [0.717, 1.165) is 0 Å². The fourth-order valence-corrected chi connectivity index (χ4v) is 4.80. The molecule has 9 nitrogen and oxygen atoms in total. The highest BCUT2D eigenvalue weighted by Gasteiger charge is 2.32. The number of piperidine rings is 1. The van der Waals surface area contributed by atoms with Gasteiger partial charge in [-0.25, -0.2) is 18.4 Å². The monoisotopic (exact) mass is 387 g/mol. The first-order chi connectivity index (χ1) is 12.8. The summed E-state index contributed by atoms with van der Waals surface area (Å²) in [5.41, 5.74) is 0.809. The molecule has 0 unspecified atom stereocenters. The first kappa shape index (κ1) is 18.7. The second-order valence-corrected chi connectivity index (χ2v) is 8.52. The fourth-order valence-electron chi connectivity index (χ4n) is 3.07. The number of aromatic nitrogens is 2. The van der Waals surface area contributed by atoms with Gasteiger partial charge in [0.1, 0.15) is 11.8 Å². The largest absolute Gasteiger partial charge is 0.341 e. The van der Waals surface area contributed by atoms with Crippen LogP contribution in [0.15, 0.2) is 35.2 Å². The Morgan fingerprint density at radius 3 is 2.41 bits per heavy atom. The molecule has 1 aliphatic heterocycles. The highest BCUT2D eigenvalue weighted by molar-refractivity contribution is 7.92. The molecule has 0 N–H and O–H groups in total. The van der Waals surface area contributed by atoms with E-state index in [9.17, 15) is 18.5 Å². The van der Waals surface area contributed by atoms with Crippen LogP contribution in [0.3, 0.4) is 0 Å². The Labute approximate surface area is 156 Å². The van der Waals surface area contributed by atoms with Gasteiger partial charge < -0.3 is 4.90 Å². The molecule has 0 spiro atoms. The molecule has 0 aliphatic carbocycles. The van der Waals surface area contributed by atoms with Gasteiger partial charge in [-0.2, -0.15) is 5.26 Å². The molecule has 0 atom stereocenters. The molecule has 27 heavy (non-hydrogen) atoms. The highest BCUT2D eigenvalue weighted by Crippen LogP contribution is 2.27. The van der Waals surface area contributed by atoms with Gasteiger partial charge in [0.25, 0.3) is 5.69 Å². The normalized spacial score (nSPS) is 15.3. The first-order valence-electron chi connectivity index (χ1n) is 8.30. The van der Waals surface area contributed by atoms with Gasteiger partial charge in [0, 0.05) is 30.9 Å². The topological polar surface area (TPSA) is 130 Å². The third-order valence-corrected chi connectivity index (χ3v) is 6.77. The zero-order chi connectivity index (χ0) is 19.6. The summed E-state index contributed by atoms with van der Waals surface area (Å²) in [7, 11) is -3.57. The lowest BCUT2D eigenvalue weighted by Gasteiger charge is -2.31. The van der Waals surface area contributed by atoms with E-state index >= 15 is 0 Å². The second kappa shape index (κ2) is 7.28. The van der Waals surface area contributed by atoms with E-state index in [-0.39, 0.29) is 16.3 Å². The van der Waals surface area contributed by atoms with Crippen LogP contribution in [0.4, 0.5) is 11.6 Å². The van der Waals surface area contributed by atoms with E-state index in [2.05, 4.69) is 9.97 Å². The van der Waals surface area contributed by atoms with E-state index in [4.69, 9.17) is 5.26 Å². The molecule has 0 bridgehead atoms. The van der Waals surface area contributed by atoms with Crippen molar-refractivity contribution in [1.82, 2.24) is 9.97 Å².